The van der Waals surface area contributed by atoms with Crippen molar-refractivity contribution < 1.29 is 32.7 Å². The van der Waals surface area contributed by atoms with E-state index in [0.717, 1.165) is 0 Å². The van der Waals surface area contributed by atoms with Crippen LogP contribution in [-0.2, 0) is 4.79 Å². The van der Waals surface area contributed by atoms with Crippen LogP contribution in [-0.4, -0.2) is 17.0 Å². The standard InChI is InChI=1S/C29H17FO7/c30-16-7-5-15(6-8-16)21-14-35-28-19(27(21)32)9-10-24-26(28)20(13-25(31)37-24)23-12-11-22(36-23)17-3-1-2-4-18(17)29(33)34/h1-12,14,20H,13H2,(H,33,34). The van der Waals surface area contributed by atoms with Crippen LogP contribution in [0.5, 0.6) is 5.75 Å². The molecule has 6 rings (SSSR count). The molecular formula is C29H17FO7. The number of carboxylic acid groups (broad SMARTS) is 1. The van der Waals surface area contributed by atoms with E-state index in [1.807, 2.05) is 0 Å². The highest BCUT2D eigenvalue weighted by atomic mass is 19.1. The summed E-state index contributed by atoms with van der Waals surface area (Å²) in [6.07, 6.45) is 1.24. The van der Waals surface area contributed by atoms with Gasteiger partial charge in [-0.15, -0.1) is 0 Å². The Morgan fingerprint density at radius 2 is 1.70 bits per heavy atom. The van der Waals surface area contributed by atoms with E-state index in [2.05, 4.69) is 0 Å². The predicted octanol–water partition coefficient (Wildman–Crippen LogP) is 6.00. The Balaban J connectivity index is 1.49. The van der Waals surface area contributed by atoms with E-state index in [-0.39, 0.29) is 39.7 Å². The van der Waals surface area contributed by atoms with Crippen LogP contribution in [0.25, 0.3) is 33.4 Å². The first-order valence-electron chi connectivity index (χ1n) is 11.4. The number of esters is 1. The van der Waals surface area contributed by atoms with E-state index < -0.39 is 23.7 Å². The quantitative estimate of drug-likeness (QED) is 0.240. The summed E-state index contributed by atoms with van der Waals surface area (Å²) in [5.41, 5.74) is 1.65. The summed E-state index contributed by atoms with van der Waals surface area (Å²) in [5.74, 6) is -1.66. The molecule has 1 aliphatic heterocycles. The van der Waals surface area contributed by atoms with Crippen LogP contribution in [0.3, 0.4) is 0 Å². The molecule has 0 radical (unpaired) electrons. The fourth-order valence-corrected chi connectivity index (χ4v) is 4.70. The highest BCUT2D eigenvalue weighted by Gasteiger charge is 2.34. The maximum atomic E-state index is 13.4. The molecule has 1 aliphatic rings. The van der Waals surface area contributed by atoms with Crippen molar-refractivity contribution in [1.29, 1.82) is 0 Å². The number of fused-ring (bicyclic) bond motifs is 3. The highest BCUT2D eigenvalue weighted by Crippen LogP contribution is 2.44. The molecular weight excluding hydrogens is 479 g/mol. The summed E-state index contributed by atoms with van der Waals surface area (Å²) in [5, 5.41) is 9.82. The van der Waals surface area contributed by atoms with Crippen LogP contribution in [0.1, 0.15) is 34.0 Å². The average molecular weight is 496 g/mol. The van der Waals surface area contributed by atoms with Gasteiger partial charge in [-0.05, 0) is 48.0 Å². The minimum absolute atomic E-state index is 0.0664. The van der Waals surface area contributed by atoms with E-state index in [1.54, 1.807) is 30.3 Å². The van der Waals surface area contributed by atoms with Crippen molar-refractivity contribution in [3.8, 4) is 28.2 Å². The number of ether oxygens (including phenoxy) is 1. The molecule has 1 atom stereocenters. The zero-order chi connectivity index (χ0) is 25.7. The molecule has 0 saturated heterocycles. The summed E-state index contributed by atoms with van der Waals surface area (Å²) < 4.78 is 30.8. The molecule has 7 nitrogen and oxygen atoms in total. The molecule has 1 unspecified atom stereocenters. The third kappa shape index (κ3) is 3.79. The third-order valence-electron chi connectivity index (χ3n) is 6.43. The maximum Gasteiger partial charge on any atom is 0.336 e. The van der Waals surface area contributed by atoms with Crippen LogP contribution < -0.4 is 10.2 Å². The molecule has 37 heavy (non-hydrogen) atoms. The molecule has 3 aromatic carbocycles. The largest absolute Gasteiger partial charge is 0.478 e. The topological polar surface area (TPSA) is 107 Å². The van der Waals surface area contributed by atoms with Crippen molar-refractivity contribution in [3.05, 3.63) is 112 Å². The Labute approximate surface area is 208 Å². The lowest BCUT2D eigenvalue weighted by atomic mass is 9.88. The Morgan fingerprint density at radius 3 is 2.49 bits per heavy atom. The van der Waals surface area contributed by atoms with Crippen molar-refractivity contribution >= 4 is 22.9 Å². The summed E-state index contributed by atoms with van der Waals surface area (Å²) in [7, 11) is 0. The van der Waals surface area contributed by atoms with E-state index in [9.17, 15) is 23.9 Å². The number of halogens is 1. The predicted molar refractivity (Wildman–Crippen MR) is 131 cm³/mol. The smallest absolute Gasteiger partial charge is 0.336 e. The summed E-state index contributed by atoms with van der Waals surface area (Å²) >= 11 is 0. The third-order valence-corrected chi connectivity index (χ3v) is 6.43. The minimum atomic E-state index is -1.09. The molecule has 0 spiro atoms. The van der Waals surface area contributed by atoms with Crippen LogP contribution in [0.2, 0.25) is 0 Å². The average Bonchev–Trinajstić information content (AvgIpc) is 3.39. The van der Waals surface area contributed by atoms with Gasteiger partial charge in [-0.25, -0.2) is 9.18 Å². The van der Waals surface area contributed by atoms with E-state index in [4.69, 9.17) is 13.6 Å². The lowest BCUT2D eigenvalue weighted by Gasteiger charge is -2.23. The monoisotopic (exact) mass is 496 g/mol. The summed E-state index contributed by atoms with van der Waals surface area (Å²) in [6, 6.07) is 18.3. The van der Waals surface area contributed by atoms with Crippen molar-refractivity contribution in [2.75, 3.05) is 0 Å². The van der Waals surface area contributed by atoms with Gasteiger partial charge in [0, 0.05) is 11.1 Å². The van der Waals surface area contributed by atoms with Crippen LogP contribution in [0.4, 0.5) is 4.39 Å². The number of rotatable bonds is 4. The molecule has 182 valence electrons. The van der Waals surface area contributed by atoms with Crippen molar-refractivity contribution in [2.24, 2.45) is 0 Å². The molecule has 2 aromatic heterocycles. The SMILES string of the molecule is O=C1CC(c2ccc(-c3ccccc3C(=O)O)o2)c2c(ccc3c(=O)c(-c4ccc(F)cc4)coc23)O1. The summed E-state index contributed by atoms with van der Waals surface area (Å²) in [4.78, 5) is 37.5. The van der Waals surface area contributed by atoms with Gasteiger partial charge in [0.1, 0.15) is 34.9 Å². The van der Waals surface area contributed by atoms with E-state index >= 15 is 0 Å². The number of carbonyl (C=O) groups excluding carboxylic acids is 1. The van der Waals surface area contributed by atoms with Gasteiger partial charge in [0.15, 0.2) is 0 Å². The Bertz CT molecular complexity index is 1760. The van der Waals surface area contributed by atoms with Gasteiger partial charge >= 0.3 is 11.9 Å². The molecule has 5 aromatic rings. The van der Waals surface area contributed by atoms with Crippen LogP contribution in [0.15, 0.2) is 92.7 Å². The molecule has 0 bridgehead atoms. The van der Waals surface area contributed by atoms with Gasteiger partial charge in [0.25, 0.3) is 0 Å². The number of hydrogen-bond donors (Lipinski definition) is 1. The van der Waals surface area contributed by atoms with Gasteiger partial charge in [0.05, 0.1) is 28.9 Å². The summed E-state index contributed by atoms with van der Waals surface area (Å²) in [6.45, 7) is 0. The van der Waals surface area contributed by atoms with E-state index in [1.165, 1.54) is 48.7 Å². The Hall–Kier alpha value is -4.98. The van der Waals surface area contributed by atoms with Gasteiger partial charge in [-0.3, -0.25) is 9.59 Å². The van der Waals surface area contributed by atoms with Crippen molar-refractivity contribution in [1.82, 2.24) is 0 Å². The number of furan rings is 1. The highest BCUT2D eigenvalue weighted by molar-refractivity contribution is 5.95. The fourth-order valence-electron chi connectivity index (χ4n) is 4.70. The Kier molecular flexibility index (Phi) is 5.22. The maximum absolute atomic E-state index is 13.4. The minimum Gasteiger partial charge on any atom is -0.478 e. The van der Waals surface area contributed by atoms with E-state index in [0.29, 0.717) is 28.2 Å². The number of aromatic carboxylic acids is 1. The lowest BCUT2D eigenvalue weighted by Crippen LogP contribution is -2.21. The first-order chi connectivity index (χ1) is 17.9. The number of carboxylic acids is 1. The first kappa shape index (κ1) is 22.5. The first-order valence-corrected chi connectivity index (χ1v) is 11.4. The van der Waals surface area contributed by atoms with Crippen LogP contribution in [0, 0.1) is 5.82 Å². The fraction of sp³-hybridized carbons (Fsp3) is 0.0690. The molecule has 0 fully saturated rings. The van der Waals surface area contributed by atoms with Gasteiger partial charge in [0.2, 0.25) is 5.43 Å². The molecule has 3 heterocycles. The van der Waals surface area contributed by atoms with Crippen molar-refractivity contribution in [3.63, 3.8) is 0 Å². The lowest BCUT2D eigenvalue weighted by molar-refractivity contribution is -0.135. The van der Waals surface area contributed by atoms with Crippen LogP contribution >= 0.6 is 0 Å². The second-order valence-electron chi connectivity index (χ2n) is 8.62. The zero-order valence-electron chi connectivity index (χ0n) is 19.1. The molecule has 0 saturated carbocycles. The molecule has 0 amide bonds. The molecule has 0 aliphatic carbocycles. The van der Waals surface area contributed by atoms with Gasteiger partial charge in [-0.1, -0.05) is 30.3 Å². The zero-order valence-corrected chi connectivity index (χ0v) is 19.1. The van der Waals surface area contributed by atoms with Gasteiger partial charge in [-0.2, -0.15) is 0 Å². The normalized spacial score (nSPS) is 14.8. The second kappa shape index (κ2) is 8.60. The second-order valence-corrected chi connectivity index (χ2v) is 8.62. The molecule has 8 heteroatoms. The number of benzene rings is 3. The molecule has 1 N–H and O–H groups in total. The number of carbonyl (C=O) groups is 2. The van der Waals surface area contributed by atoms with Gasteiger partial charge < -0.3 is 18.7 Å². The Morgan fingerprint density at radius 1 is 0.919 bits per heavy atom. The number of hydrogen-bond acceptors (Lipinski definition) is 6. The van der Waals surface area contributed by atoms with Crippen molar-refractivity contribution in [2.45, 2.75) is 12.3 Å².